The Morgan fingerprint density at radius 3 is 1.85 bits per heavy atom. The summed E-state index contributed by atoms with van der Waals surface area (Å²) in [5.74, 6) is 0.0509. The van der Waals surface area contributed by atoms with Crippen LogP contribution in [0.5, 0.6) is 11.9 Å². The van der Waals surface area contributed by atoms with Crippen molar-refractivity contribution in [3.63, 3.8) is 0 Å². The van der Waals surface area contributed by atoms with Crippen molar-refractivity contribution in [2.24, 2.45) is 0 Å². The molecule has 0 saturated heterocycles. The lowest BCUT2D eigenvalue weighted by Crippen LogP contribution is -2.42. The zero-order chi connectivity index (χ0) is 23.7. The minimum Gasteiger partial charge on any atom is -0.481 e. The standard InChI is InChI=1S/C26H24N4O4/c1-33-20-14-18(28-26(30-20)34-2)24-21(15-9-5-3-6-10-15)23(17-13-19(31)29-25(32)27-17)22(24)16-11-7-4-8-12-16/h3-14,21-24H,1-2H3,(H2,27,29,31,32)/t21-,22-,23-,24-/m0/s1. The van der Waals surface area contributed by atoms with Crippen LogP contribution in [0.15, 0.2) is 82.4 Å². The molecule has 0 spiro atoms. The smallest absolute Gasteiger partial charge is 0.325 e. The maximum atomic E-state index is 12.2. The summed E-state index contributed by atoms with van der Waals surface area (Å²) in [6.45, 7) is 0. The van der Waals surface area contributed by atoms with Gasteiger partial charge in [0.05, 0.1) is 19.9 Å². The quantitative estimate of drug-likeness (QED) is 0.461. The average molecular weight is 457 g/mol. The van der Waals surface area contributed by atoms with Crippen molar-refractivity contribution in [1.29, 1.82) is 0 Å². The van der Waals surface area contributed by atoms with Crippen LogP contribution >= 0.6 is 0 Å². The Hall–Kier alpha value is -4.20. The zero-order valence-electron chi connectivity index (χ0n) is 18.8. The average Bonchev–Trinajstić information content (AvgIpc) is 2.84. The molecular formula is C26H24N4O4. The molecule has 2 atom stereocenters. The fourth-order valence-electron chi connectivity index (χ4n) is 5.14. The molecular weight excluding hydrogens is 432 g/mol. The van der Waals surface area contributed by atoms with E-state index in [0.717, 1.165) is 16.8 Å². The molecule has 1 aliphatic carbocycles. The van der Waals surface area contributed by atoms with Crippen molar-refractivity contribution in [1.82, 2.24) is 19.9 Å². The molecule has 1 fully saturated rings. The molecule has 0 radical (unpaired) electrons. The predicted octanol–water partition coefficient (Wildman–Crippen LogP) is 3.32. The highest BCUT2D eigenvalue weighted by Crippen LogP contribution is 2.65. The summed E-state index contributed by atoms with van der Waals surface area (Å²) in [5, 5.41) is 0. The van der Waals surface area contributed by atoms with E-state index in [4.69, 9.17) is 9.47 Å². The number of methoxy groups -OCH3 is 2. The number of aromatic amines is 2. The Kier molecular flexibility index (Phi) is 5.71. The lowest BCUT2D eigenvalue weighted by atomic mass is 9.50. The molecule has 8 heteroatoms. The molecule has 2 heterocycles. The van der Waals surface area contributed by atoms with Gasteiger partial charge in [-0.05, 0) is 11.1 Å². The Morgan fingerprint density at radius 1 is 0.706 bits per heavy atom. The van der Waals surface area contributed by atoms with Crippen LogP contribution in [0.4, 0.5) is 0 Å². The molecule has 0 aliphatic heterocycles. The van der Waals surface area contributed by atoms with E-state index in [2.05, 4.69) is 44.2 Å². The highest BCUT2D eigenvalue weighted by atomic mass is 16.5. The number of rotatable bonds is 6. The van der Waals surface area contributed by atoms with Crippen molar-refractivity contribution in [2.45, 2.75) is 23.7 Å². The number of hydrogen-bond acceptors (Lipinski definition) is 6. The number of H-pyrrole nitrogens is 2. The first-order chi connectivity index (χ1) is 16.6. The van der Waals surface area contributed by atoms with E-state index in [1.165, 1.54) is 13.2 Å². The van der Waals surface area contributed by atoms with Gasteiger partial charge in [0.15, 0.2) is 0 Å². The lowest BCUT2D eigenvalue weighted by Gasteiger charge is -2.52. The third-order valence-electron chi connectivity index (χ3n) is 6.49. The van der Waals surface area contributed by atoms with Gasteiger partial charge in [0.1, 0.15) is 0 Å². The van der Waals surface area contributed by atoms with Crippen molar-refractivity contribution in [2.75, 3.05) is 14.2 Å². The van der Waals surface area contributed by atoms with Crippen LogP contribution in [0.3, 0.4) is 0 Å². The summed E-state index contributed by atoms with van der Waals surface area (Å²) in [6.07, 6.45) is 0. The van der Waals surface area contributed by atoms with Gasteiger partial charge in [-0.1, -0.05) is 60.7 Å². The van der Waals surface area contributed by atoms with Crippen LogP contribution in [-0.4, -0.2) is 34.2 Å². The summed E-state index contributed by atoms with van der Waals surface area (Å²) >= 11 is 0. The van der Waals surface area contributed by atoms with E-state index < -0.39 is 11.2 Å². The van der Waals surface area contributed by atoms with E-state index in [1.807, 2.05) is 42.5 Å². The highest BCUT2D eigenvalue weighted by molar-refractivity contribution is 5.46. The van der Waals surface area contributed by atoms with Crippen LogP contribution < -0.4 is 20.7 Å². The van der Waals surface area contributed by atoms with Crippen LogP contribution in [0, 0.1) is 0 Å². The molecule has 1 saturated carbocycles. The van der Waals surface area contributed by atoms with Gasteiger partial charge in [-0.2, -0.15) is 9.97 Å². The van der Waals surface area contributed by atoms with Gasteiger partial charge >= 0.3 is 11.7 Å². The normalized spacial score (nSPS) is 21.5. The molecule has 8 nitrogen and oxygen atoms in total. The van der Waals surface area contributed by atoms with Crippen molar-refractivity contribution in [3.8, 4) is 11.9 Å². The van der Waals surface area contributed by atoms with Crippen molar-refractivity contribution < 1.29 is 9.47 Å². The van der Waals surface area contributed by atoms with E-state index >= 15 is 0 Å². The predicted molar refractivity (Wildman–Crippen MR) is 127 cm³/mol. The Bertz CT molecular complexity index is 1300. The van der Waals surface area contributed by atoms with E-state index in [-0.39, 0.29) is 29.7 Å². The van der Waals surface area contributed by atoms with E-state index in [0.29, 0.717) is 11.6 Å². The van der Waals surface area contributed by atoms with Gasteiger partial charge in [-0.25, -0.2) is 4.79 Å². The third-order valence-corrected chi connectivity index (χ3v) is 6.49. The molecule has 5 rings (SSSR count). The lowest BCUT2D eigenvalue weighted by molar-refractivity contribution is 0.216. The summed E-state index contributed by atoms with van der Waals surface area (Å²) in [4.78, 5) is 38.5. The molecule has 172 valence electrons. The van der Waals surface area contributed by atoms with Gasteiger partial charge in [-0.15, -0.1) is 0 Å². The largest absolute Gasteiger partial charge is 0.481 e. The molecule has 2 aromatic carbocycles. The number of ether oxygens (including phenoxy) is 2. The molecule has 34 heavy (non-hydrogen) atoms. The van der Waals surface area contributed by atoms with E-state index in [9.17, 15) is 9.59 Å². The van der Waals surface area contributed by atoms with Crippen LogP contribution in [0.2, 0.25) is 0 Å². The molecule has 2 aromatic heterocycles. The van der Waals surface area contributed by atoms with Crippen LogP contribution in [0.1, 0.15) is 46.2 Å². The molecule has 0 amide bonds. The van der Waals surface area contributed by atoms with Crippen LogP contribution in [-0.2, 0) is 0 Å². The van der Waals surface area contributed by atoms with Gasteiger partial charge in [0.2, 0.25) is 5.88 Å². The molecule has 1 aliphatic rings. The Morgan fingerprint density at radius 2 is 1.32 bits per heavy atom. The summed E-state index contributed by atoms with van der Waals surface area (Å²) in [6, 6.07) is 23.7. The first kappa shape index (κ1) is 21.6. The summed E-state index contributed by atoms with van der Waals surface area (Å²) in [5.41, 5.74) is 2.60. The molecule has 4 aromatic rings. The van der Waals surface area contributed by atoms with Gasteiger partial charge < -0.3 is 14.5 Å². The number of aromatic nitrogens is 4. The third kappa shape index (κ3) is 3.87. The van der Waals surface area contributed by atoms with Crippen LogP contribution in [0.25, 0.3) is 0 Å². The topological polar surface area (TPSA) is 110 Å². The van der Waals surface area contributed by atoms with Gasteiger partial charge in [0.25, 0.3) is 5.56 Å². The first-order valence-electron chi connectivity index (χ1n) is 11.0. The van der Waals surface area contributed by atoms with Gasteiger partial charge in [0, 0.05) is 41.5 Å². The second kappa shape index (κ2) is 8.97. The summed E-state index contributed by atoms with van der Waals surface area (Å²) in [7, 11) is 3.08. The fourth-order valence-corrected chi connectivity index (χ4v) is 5.14. The van der Waals surface area contributed by atoms with Crippen molar-refractivity contribution in [3.05, 3.63) is 116 Å². The van der Waals surface area contributed by atoms with Crippen molar-refractivity contribution >= 4 is 0 Å². The number of hydrogen-bond donors (Lipinski definition) is 2. The highest BCUT2D eigenvalue weighted by Gasteiger charge is 2.54. The maximum absolute atomic E-state index is 12.2. The second-order valence-electron chi connectivity index (χ2n) is 8.29. The minimum absolute atomic E-state index is 0.0619. The second-order valence-corrected chi connectivity index (χ2v) is 8.29. The SMILES string of the molecule is COc1cc([C@H]2[C@@H](c3ccccc3)[C@H](c3cc(=O)[nH]c(=O)[nH]3)[C@@H]2c2ccccc2)nc(OC)n1. The molecule has 2 N–H and O–H groups in total. The zero-order valence-corrected chi connectivity index (χ0v) is 18.8. The number of nitrogens with zero attached hydrogens (tertiary/aromatic N) is 2. The number of benzene rings is 2. The number of nitrogens with one attached hydrogen (secondary N) is 2. The monoisotopic (exact) mass is 456 g/mol. The molecule has 0 bridgehead atoms. The maximum Gasteiger partial charge on any atom is 0.325 e. The fraction of sp³-hybridized carbons (Fsp3) is 0.231. The summed E-state index contributed by atoms with van der Waals surface area (Å²) < 4.78 is 10.8. The minimum atomic E-state index is -0.519. The van der Waals surface area contributed by atoms with Gasteiger partial charge in [-0.3, -0.25) is 9.78 Å². The Balaban J connectivity index is 1.74. The Labute approximate surface area is 195 Å². The molecule has 0 unspecified atom stereocenters. The first-order valence-corrected chi connectivity index (χ1v) is 11.0. The van der Waals surface area contributed by atoms with E-state index in [1.54, 1.807) is 7.11 Å².